The first-order valence-corrected chi connectivity index (χ1v) is 10.4. The first-order valence-electron chi connectivity index (χ1n) is 9.50. The molecule has 0 spiro atoms. The van der Waals surface area contributed by atoms with E-state index in [-0.39, 0.29) is 5.91 Å². The third-order valence-electron chi connectivity index (χ3n) is 3.96. The molecule has 5 heteroatoms. The SMILES string of the molecule is CC.CC/C(=N\N(Cc1cccs1)C(=O)c1ccccc1)c1ccc(N)cc1. The zero-order chi connectivity index (χ0) is 20.4. The van der Waals surface area contributed by atoms with Crippen LogP contribution >= 0.6 is 11.3 Å². The number of thiophene rings is 1. The van der Waals surface area contributed by atoms with Gasteiger partial charge in [0.25, 0.3) is 5.91 Å². The summed E-state index contributed by atoms with van der Waals surface area (Å²) in [5.41, 5.74) is 8.94. The summed E-state index contributed by atoms with van der Waals surface area (Å²) in [6.07, 6.45) is 0.715. The molecule has 2 N–H and O–H groups in total. The lowest BCUT2D eigenvalue weighted by atomic mass is 10.1. The second-order valence-corrected chi connectivity index (χ2v) is 6.86. The summed E-state index contributed by atoms with van der Waals surface area (Å²) in [5.74, 6) is -0.111. The van der Waals surface area contributed by atoms with Gasteiger partial charge in [-0.2, -0.15) is 5.10 Å². The van der Waals surface area contributed by atoms with Gasteiger partial charge in [0.15, 0.2) is 0 Å². The van der Waals surface area contributed by atoms with E-state index in [0.717, 1.165) is 16.2 Å². The highest BCUT2D eigenvalue weighted by Crippen LogP contribution is 2.17. The van der Waals surface area contributed by atoms with E-state index in [9.17, 15) is 4.79 Å². The molecular formula is C23H27N3OS. The van der Waals surface area contributed by atoms with Crippen LogP contribution in [0.4, 0.5) is 5.69 Å². The van der Waals surface area contributed by atoms with E-state index in [4.69, 9.17) is 10.8 Å². The maximum Gasteiger partial charge on any atom is 0.274 e. The van der Waals surface area contributed by atoms with Gasteiger partial charge >= 0.3 is 0 Å². The van der Waals surface area contributed by atoms with Crippen molar-refractivity contribution in [2.75, 3.05) is 5.73 Å². The third kappa shape index (κ3) is 5.79. The molecule has 0 saturated heterocycles. The number of amides is 1. The van der Waals surface area contributed by atoms with E-state index in [1.54, 1.807) is 16.3 Å². The Morgan fingerprint density at radius 3 is 2.21 bits per heavy atom. The summed E-state index contributed by atoms with van der Waals surface area (Å²) >= 11 is 1.62. The van der Waals surface area contributed by atoms with Gasteiger partial charge in [-0.3, -0.25) is 4.79 Å². The van der Waals surface area contributed by atoms with Crippen molar-refractivity contribution in [2.45, 2.75) is 33.7 Å². The van der Waals surface area contributed by atoms with Crippen LogP contribution in [0.5, 0.6) is 0 Å². The fourth-order valence-corrected chi connectivity index (χ4v) is 3.27. The molecule has 0 unspecified atom stereocenters. The Morgan fingerprint density at radius 1 is 0.964 bits per heavy atom. The third-order valence-corrected chi connectivity index (χ3v) is 4.82. The van der Waals surface area contributed by atoms with Gasteiger partial charge in [-0.1, -0.05) is 57.2 Å². The predicted octanol–water partition coefficient (Wildman–Crippen LogP) is 5.81. The molecule has 0 saturated carbocycles. The lowest BCUT2D eigenvalue weighted by Gasteiger charge is -2.19. The molecule has 1 aromatic heterocycles. The van der Waals surface area contributed by atoms with Gasteiger partial charge in [0.1, 0.15) is 0 Å². The normalized spacial score (nSPS) is 10.8. The fourth-order valence-electron chi connectivity index (χ4n) is 2.59. The van der Waals surface area contributed by atoms with Crippen LogP contribution in [0.3, 0.4) is 0 Å². The summed E-state index contributed by atoms with van der Waals surface area (Å²) in [4.78, 5) is 14.1. The van der Waals surface area contributed by atoms with E-state index >= 15 is 0 Å². The zero-order valence-corrected chi connectivity index (χ0v) is 17.4. The Bertz CT molecular complexity index is 872. The van der Waals surface area contributed by atoms with Gasteiger partial charge in [-0.05, 0) is 47.7 Å². The molecule has 0 radical (unpaired) electrons. The minimum Gasteiger partial charge on any atom is -0.399 e. The molecule has 3 rings (SSSR count). The van der Waals surface area contributed by atoms with Crippen LogP contribution in [0.1, 0.15) is 48.0 Å². The topological polar surface area (TPSA) is 58.7 Å². The smallest absolute Gasteiger partial charge is 0.274 e. The molecule has 0 fully saturated rings. The predicted molar refractivity (Wildman–Crippen MR) is 120 cm³/mol. The molecule has 0 aliphatic carbocycles. The van der Waals surface area contributed by atoms with Crippen molar-refractivity contribution in [2.24, 2.45) is 5.10 Å². The number of rotatable bonds is 6. The fraction of sp³-hybridized carbons (Fsp3) is 0.217. The number of hydrogen-bond acceptors (Lipinski definition) is 4. The first-order chi connectivity index (χ1) is 13.7. The molecule has 3 aromatic rings. The molecule has 28 heavy (non-hydrogen) atoms. The van der Waals surface area contributed by atoms with Gasteiger partial charge in [-0.25, -0.2) is 5.01 Å². The van der Waals surface area contributed by atoms with Gasteiger partial charge in [0.05, 0.1) is 12.3 Å². The Balaban J connectivity index is 0.00000136. The van der Waals surface area contributed by atoms with Crippen molar-refractivity contribution in [1.29, 1.82) is 0 Å². The summed E-state index contributed by atoms with van der Waals surface area (Å²) < 4.78 is 0. The number of benzene rings is 2. The number of anilines is 1. The monoisotopic (exact) mass is 393 g/mol. The molecule has 0 aliphatic heterocycles. The van der Waals surface area contributed by atoms with Crippen LogP contribution in [0.2, 0.25) is 0 Å². The Hall–Kier alpha value is -2.92. The summed E-state index contributed by atoms with van der Waals surface area (Å²) in [7, 11) is 0. The number of nitrogen functional groups attached to an aromatic ring is 1. The van der Waals surface area contributed by atoms with Gasteiger partial charge in [0.2, 0.25) is 0 Å². The van der Waals surface area contributed by atoms with Crippen LogP contribution in [0, 0.1) is 0 Å². The van der Waals surface area contributed by atoms with Gasteiger partial charge < -0.3 is 5.73 Å². The Kier molecular flexibility index (Phi) is 8.43. The van der Waals surface area contributed by atoms with Crippen LogP contribution in [0.15, 0.2) is 77.2 Å². The lowest BCUT2D eigenvalue weighted by Crippen LogP contribution is -2.27. The highest BCUT2D eigenvalue weighted by atomic mass is 32.1. The second-order valence-electron chi connectivity index (χ2n) is 5.83. The highest BCUT2D eigenvalue weighted by molar-refractivity contribution is 7.09. The number of carbonyl (C=O) groups is 1. The first kappa shape index (κ1) is 21.4. The number of nitrogens with zero attached hydrogens (tertiary/aromatic N) is 2. The van der Waals surface area contributed by atoms with E-state index in [1.165, 1.54) is 0 Å². The quantitative estimate of drug-likeness (QED) is 0.326. The Labute approximate surface area is 171 Å². The van der Waals surface area contributed by atoms with Gasteiger partial charge in [0, 0.05) is 16.1 Å². The maximum atomic E-state index is 13.0. The van der Waals surface area contributed by atoms with Crippen molar-refractivity contribution in [3.8, 4) is 0 Å². The van der Waals surface area contributed by atoms with E-state index in [2.05, 4.69) is 0 Å². The molecule has 1 heterocycles. The van der Waals surface area contributed by atoms with Crippen molar-refractivity contribution >= 4 is 28.6 Å². The number of carbonyl (C=O) groups excluding carboxylic acids is 1. The van der Waals surface area contributed by atoms with Crippen molar-refractivity contribution < 1.29 is 4.79 Å². The van der Waals surface area contributed by atoms with E-state index in [0.29, 0.717) is 24.2 Å². The van der Waals surface area contributed by atoms with Crippen LogP contribution in [-0.2, 0) is 6.54 Å². The largest absolute Gasteiger partial charge is 0.399 e. The molecule has 146 valence electrons. The second kappa shape index (κ2) is 11.0. The average Bonchev–Trinajstić information content (AvgIpc) is 3.26. The molecule has 0 aliphatic rings. The van der Waals surface area contributed by atoms with E-state index < -0.39 is 0 Å². The molecule has 4 nitrogen and oxygen atoms in total. The number of nitrogens with two attached hydrogens (primary N) is 1. The van der Waals surface area contributed by atoms with Crippen LogP contribution in [-0.4, -0.2) is 16.6 Å². The molecular weight excluding hydrogens is 366 g/mol. The van der Waals surface area contributed by atoms with Crippen molar-refractivity contribution in [1.82, 2.24) is 5.01 Å². The zero-order valence-electron chi connectivity index (χ0n) is 16.6. The lowest BCUT2D eigenvalue weighted by molar-refractivity contribution is 0.0750. The summed E-state index contributed by atoms with van der Waals surface area (Å²) in [6, 6.07) is 20.8. The number of hydrogen-bond donors (Lipinski definition) is 1. The van der Waals surface area contributed by atoms with Crippen LogP contribution in [0.25, 0.3) is 0 Å². The summed E-state index contributed by atoms with van der Waals surface area (Å²) in [6.45, 7) is 6.48. The minimum atomic E-state index is -0.111. The van der Waals surface area contributed by atoms with E-state index in [1.807, 2.05) is 92.9 Å². The standard InChI is InChI=1S/C21H21N3OS.C2H6/c1-2-20(16-10-12-18(22)13-11-16)23-24(15-19-9-6-14-26-19)21(25)17-7-4-3-5-8-17;1-2/h3-14H,2,15,22H2,1H3;1-2H3/b23-20+;. The number of hydrazone groups is 1. The van der Waals surface area contributed by atoms with Crippen LogP contribution < -0.4 is 5.73 Å². The summed E-state index contributed by atoms with van der Waals surface area (Å²) in [5, 5.41) is 8.27. The van der Waals surface area contributed by atoms with Crippen molar-refractivity contribution in [3.63, 3.8) is 0 Å². The average molecular weight is 394 g/mol. The highest BCUT2D eigenvalue weighted by Gasteiger charge is 2.17. The maximum absolute atomic E-state index is 13.0. The van der Waals surface area contributed by atoms with Crippen molar-refractivity contribution in [3.05, 3.63) is 88.1 Å². The molecule has 0 bridgehead atoms. The molecule has 1 amide bonds. The molecule has 2 aromatic carbocycles. The molecule has 0 atom stereocenters. The van der Waals surface area contributed by atoms with Gasteiger partial charge in [-0.15, -0.1) is 11.3 Å². The Morgan fingerprint density at radius 2 is 1.64 bits per heavy atom. The minimum absolute atomic E-state index is 0.111.